The Bertz CT molecular complexity index is 315. The number of nitrogens with zero attached hydrogens (tertiary/aromatic N) is 1. The summed E-state index contributed by atoms with van der Waals surface area (Å²) in [5, 5.41) is 0.588. The number of rotatable bonds is 3. The zero-order chi connectivity index (χ0) is 9.28. The molecule has 0 aromatic rings. The minimum absolute atomic E-state index is 0. The predicted octanol–water partition coefficient (Wildman–Crippen LogP) is -4.73. The number of hydrogen-bond acceptors (Lipinski definition) is 7. The van der Waals surface area contributed by atoms with Gasteiger partial charge in [0.1, 0.15) is 0 Å². The van der Waals surface area contributed by atoms with Crippen LogP contribution in [0.4, 0.5) is 0 Å². The van der Waals surface area contributed by atoms with Crippen LogP contribution < -0.4 is 29.6 Å². The molecule has 0 aromatic heterocycles. The fourth-order valence-electron chi connectivity index (χ4n) is 0.220. The largest absolute Gasteiger partial charge is 1.00 e. The van der Waals surface area contributed by atoms with Crippen molar-refractivity contribution in [3.63, 3.8) is 0 Å². The van der Waals surface area contributed by atoms with Crippen molar-refractivity contribution in [2.45, 2.75) is 0 Å². The molecule has 7 nitrogen and oxygen atoms in total. The van der Waals surface area contributed by atoms with E-state index in [4.69, 9.17) is 0 Å². The molecule has 10 heteroatoms. The molecular weight excluding hydrogens is 221 g/mol. The van der Waals surface area contributed by atoms with Crippen molar-refractivity contribution in [1.82, 2.24) is 5.06 Å². The second-order valence-corrected chi connectivity index (χ2v) is 5.93. The fourth-order valence-corrected chi connectivity index (χ4v) is 1.25. The summed E-state index contributed by atoms with van der Waals surface area (Å²) in [5.41, 5.74) is 0. The van der Waals surface area contributed by atoms with Gasteiger partial charge in [0.2, 0.25) is 9.15 Å². The van der Waals surface area contributed by atoms with E-state index in [2.05, 4.69) is 4.28 Å². The average molecular weight is 227 g/mol. The third-order valence-electron chi connectivity index (χ3n) is 0.490. The summed E-state index contributed by atoms with van der Waals surface area (Å²) in [7, 11) is -8.24. The Morgan fingerprint density at radius 3 is 1.58 bits per heavy atom. The van der Waals surface area contributed by atoms with Crippen LogP contribution in [-0.4, -0.2) is 40.5 Å². The van der Waals surface area contributed by atoms with E-state index in [0.717, 1.165) is 14.1 Å². The average Bonchev–Trinajstić information content (AvgIpc) is 1.56. The molecule has 0 unspecified atom stereocenters. The van der Waals surface area contributed by atoms with Gasteiger partial charge in [0.25, 0.3) is 0 Å². The van der Waals surface area contributed by atoms with E-state index in [0.29, 0.717) is 5.06 Å². The van der Waals surface area contributed by atoms with Crippen LogP contribution in [0.5, 0.6) is 0 Å². The van der Waals surface area contributed by atoms with Crippen LogP contribution in [0, 0.1) is 0 Å². The van der Waals surface area contributed by atoms with E-state index in [-0.39, 0.29) is 29.6 Å². The van der Waals surface area contributed by atoms with Gasteiger partial charge in [-0.1, -0.05) is 0 Å². The first-order chi connectivity index (χ1) is 4.67. The minimum atomic E-state index is -5.44. The molecule has 0 radical (unpaired) electrons. The summed E-state index contributed by atoms with van der Waals surface area (Å²) in [6.45, 7) is 0. The van der Waals surface area contributed by atoms with Gasteiger partial charge in [-0.25, -0.2) is 8.42 Å². The van der Waals surface area contributed by atoms with Gasteiger partial charge < -0.3 is 4.55 Å². The van der Waals surface area contributed by atoms with Crippen LogP contribution >= 0.6 is 0 Å². The Morgan fingerprint density at radius 2 is 1.50 bits per heavy atom. The minimum Gasteiger partial charge on any atom is -0.734 e. The monoisotopic (exact) mass is 227 g/mol. The second-order valence-electron chi connectivity index (χ2n) is 1.70. The SMILES string of the molecule is CN(C)OS(=O)(=O)S(=O)(=O)[O-].[Na+]. The molecule has 0 saturated carbocycles. The maximum absolute atomic E-state index is 10.3. The maximum Gasteiger partial charge on any atom is 1.00 e. The van der Waals surface area contributed by atoms with Crippen LogP contribution in [0.15, 0.2) is 0 Å². The van der Waals surface area contributed by atoms with Crippen LogP contribution in [0.3, 0.4) is 0 Å². The van der Waals surface area contributed by atoms with E-state index >= 15 is 0 Å². The number of hydrogen-bond donors (Lipinski definition) is 0. The molecule has 0 spiro atoms. The molecule has 0 heterocycles. The molecule has 0 saturated heterocycles. The van der Waals surface area contributed by atoms with Gasteiger partial charge in [0.05, 0.1) is 0 Å². The summed E-state index contributed by atoms with van der Waals surface area (Å²) in [6.07, 6.45) is 0. The van der Waals surface area contributed by atoms with Gasteiger partial charge in [0, 0.05) is 14.1 Å². The van der Waals surface area contributed by atoms with Crippen molar-refractivity contribution >= 4 is 18.3 Å². The summed E-state index contributed by atoms with van der Waals surface area (Å²) >= 11 is 0. The molecular formula is C2H6NNaO6S2. The second kappa shape index (κ2) is 4.86. The zero-order valence-corrected chi connectivity index (χ0v) is 10.3. The smallest absolute Gasteiger partial charge is 0.734 e. The first-order valence-electron chi connectivity index (χ1n) is 2.24. The van der Waals surface area contributed by atoms with Crippen LogP contribution in [-0.2, 0) is 22.6 Å². The van der Waals surface area contributed by atoms with Crippen molar-refractivity contribution in [1.29, 1.82) is 0 Å². The van der Waals surface area contributed by atoms with Gasteiger partial charge in [-0.2, -0.15) is 17.8 Å². The zero-order valence-electron chi connectivity index (χ0n) is 6.71. The quantitative estimate of drug-likeness (QED) is 0.206. The van der Waals surface area contributed by atoms with Crippen molar-refractivity contribution in [2.24, 2.45) is 0 Å². The fraction of sp³-hybridized carbons (Fsp3) is 1.00. The molecule has 0 aliphatic rings. The Kier molecular flexibility index (Phi) is 6.18. The maximum atomic E-state index is 10.3. The Labute approximate surface area is 92.2 Å². The van der Waals surface area contributed by atoms with E-state index in [9.17, 15) is 21.4 Å². The molecule has 0 amide bonds. The molecule has 0 bridgehead atoms. The van der Waals surface area contributed by atoms with Crippen LogP contribution in [0.25, 0.3) is 0 Å². The standard InChI is InChI=1S/C2H7NO6S2.Na/c1-3(2)9-11(7,8)10(4,5)6;/h1-2H3,(H,4,5,6);/q;+1/p-1. The summed E-state index contributed by atoms with van der Waals surface area (Å²) < 4.78 is 54.0. The third-order valence-corrected chi connectivity index (χ3v) is 3.15. The van der Waals surface area contributed by atoms with Gasteiger partial charge in [-0.15, -0.1) is 0 Å². The summed E-state index contributed by atoms with van der Waals surface area (Å²) in [6, 6.07) is 0. The van der Waals surface area contributed by atoms with Crippen molar-refractivity contribution in [3.8, 4) is 0 Å². The van der Waals surface area contributed by atoms with Crippen molar-refractivity contribution in [3.05, 3.63) is 0 Å². The number of hydroxylamine groups is 2. The Morgan fingerprint density at radius 1 is 1.17 bits per heavy atom. The van der Waals surface area contributed by atoms with Gasteiger partial charge in [-0.05, 0) is 0 Å². The van der Waals surface area contributed by atoms with Gasteiger partial charge in [-0.3, -0.25) is 0 Å². The van der Waals surface area contributed by atoms with Crippen molar-refractivity contribution < 1.29 is 55.2 Å². The molecule has 0 aliphatic carbocycles. The molecule has 12 heavy (non-hydrogen) atoms. The molecule has 0 atom stereocenters. The molecule has 68 valence electrons. The van der Waals surface area contributed by atoms with E-state index in [1.54, 1.807) is 0 Å². The predicted molar refractivity (Wildman–Crippen MR) is 33.4 cm³/mol. The van der Waals surface area contributed by atoms with E-state index < -0.39 is 18.3 Å². The summed E-state index contributed by atoms with van der Waals surface area (Å²) in [4.78, 5) is 0. The first-order valence-corrected chi connectivity index (χ1v) is 5.58. The Hall–Kier alpha value is 0.780. The topological polar surface area (TPSA) is 104 Å². The molecule has 0 fully saturated rings. The van der Waals surface area contributed by atoms with Gasteiger partial charge in [0.15, 0.2) is 0 Å². The first kappa shape index (κ1) is 15.3. The van der Waals surface area contributed by atoms with E-state index in [1.165, 1.54) is 0 Å². The molecule has 0 aromatic carbocycles. The normalized spacial score (nSPS) is 12.7. The third kappa shape index (κ3) is 4.72. The van der Waals surface area contributed by atoms with Gasteiger partial charge >= 0.3 is 38.7 Å². The Balaban J connectivity index is 0. The van der Waals surface area contributed by atoms with Crippen molar-refractivity contribution in [2.75, 3.05) is 14.1 Å². The summed E-state index contributed by atoms with van der Waals surface area (Å²) in [5.74, 6) is 0. The molecule has 0 rings (SSSR count). The van der Waals surface area contributed by atoms with Crippen LogP contribution in [0.2, 0.25) is 0 Å². The molecule has 0 N–H and O–H groups in total. The van der Waals surface area contributed by atoms with Crippen LogP contribution in [0.1, 0.15) is 0 Å². The molecule has 0 aliphatic heterocycles. The van der Waals surface area contributed by atoms with E-state index in [1.807, 2.05) is 0 Å².